The fourth-order valence-corrected chi connectivity index (χ4v) is 3.60. The van der Waals surface area contributed by atoms with E-state index in [0.717, 1.165) is 16.1 Å². The van der Waals surface area contributed by atoms with Crippen LogP contribution < -0.4 is 5.32 Å². The molecule has 138 valence electrons. The molecule has 0 aliphatic heterocycles. The Morgan fingerprint density at radius 3 is 2.77 bits per heavy atom. The molecule has 0 fully saturated rings. The van der Waals surface area contributed by atoms with Crippen molar-refractivity contribution in [1.29, 1.82) is 0 Å². The number of esters is 1. The van der Waals surface area contributed by atoms with Gasteiger partial charge in [0.2, 0.25) is 0 Å². The van der Waals surface area contributed by atoms with Gasteiger partial charge in [-0.15, -0.1) is 11.3 Å². The van der Waals surface area contributed by atoms with Crippen LogP contribution in [0.5, 0.6) is 0 Å². The summed E-state index contributed by atoms with van der Waals surface area (Å²) in [6.45, 7) is 8.37. The van der Waals surface area contributed by atoms with Crippen molar-refractivity contribution in [3.63, 3.8) is 0 Å². The molecule has 3 aromatic heterocycles. The summed E-state index contributed by atoms with van der Waals surface area (Å²) >= 11 is 1.65. The van der Waals surface area contributed by atoms with Crippen LogP contribution in [-0.4, -0.2) is 32.3 Å². The van der Waals surface area contributed by atoms with Gasteiger partial charge in [-0.25, -0.2) is 14.8 Å². The number of anilines is 1. The standard InChI is InChI=1S/C18H23N5O2S/c1-6-25-18(24)13-7-19-16-12(8-20-23(16)5)15(13)21-11(4)14-9-26-17(22-14)10(2)3/h7-11H,6H2,1-5H3,(H,19,21). The molecule has 1 atom stereocenters. The summed E-state index contributed by atoms with van der Waals surface area (Å²) in [6.07, 6.45) is 3.25. The van der Waals surface area contributed by atoms with Gasteiger partial charge >= 0.3 is 5.97 Å². The van der Waals surface area contributed by atoms with Crippen LogP contribution in [0.25, 0.3) is 11.0 Å². The summed E-state index contributed by atoms with van der Waals surface area (Å²) < 4.78 is 6.87. The predicted molar refractivity (Wildman–Crippen MR) is 103 cm³/mol. The van der Waals surface area contributed by atoms with Gasteiger partial charge in [0.05, 0.1) is 40.6 Å². The van der Waals surface area contributed by atoms with Gasteiger partial charge in [-0.05, 0) is 13.8 Å². The Kier molecular flexibility index (Phi) is 5.22. The van der Waals surface area contributed by atoms with Crippen LogP contribution in [0, 0.1) is 0 Å². The molecule has 0 radical (unpaired) electrons. The first-order chi connectivity index (χ1) is 12.4. The SMILES string of the molecule is CCOC(=O)c1cnc2c(cnn2C)c1NC(C)c1csc(C(C)C)n1. The predicted octanol–water partition coefficient (Wildman–Crippen LogP) is 3.90. The molecule has 0 saturated carbocycles. The second kappa shape index (κ2) is 7.41. The van der Waals surface area contributed by atoms with Crippen LogP contribution in [0.15, 0.2) is 17.8 Å². The van der Waals surface area contributed by atoms with Crippen LogP contribution in [-0.2, 0) is 11.8 Å². The Hall–Kier alpha value is -2.48. The quantitative estimate of drug-likeness (QED) is 0.660. The molecule has 3 aromatic rings. The Morgan fingerprint density at radius 1 is 1.35 bits per heavy atom. The molecule has 0 aliphatic carbocycles. The molecule has 0 bridgehead atoms. The van der Waals surface area contributed by atoms with Crippen LogP contribution in [0.1, 0.15) is 60.7 Å². The second-order valence-electron chi connectivity index (χ2n) is 6.40. The largest absolute Gasteiger partial charge is 0.462 e. The lowest BCUT2D eigenvalue weighted by Gasteiger charge is -2.17. The highest BCUT2D eigenvalue weighted by Crippen LogP contribution is 2.31. The molecule has 7 nitrogen and oxygen atoms in total. The fourth-order valence-electron chi connectivity index (χ4n) is 2.67. The van der Waals surface area contributed by atoms with Crippen LogP contribution in [0.2, 0.25) is 0 Å². The zero-order valence-corrected chi connectivity index (χ0v) is 16.4. The maximum atomic E-state index is 12.4. The number of pyridine rings is 1. The average Bonchev–Trinajstić information content (AvgIpc) is 3.23. The summed E-state index contributed by atoms with van der Waals surface area (Å²) in [5, 5.41) is 11.6. The minimum absolute atomic E-state index is 0.0715. The number of hydrogen-bond donors (Lipinski definition) is 1. The molecule has 26 heavy (non-hydrogen) atoms. The van der Waals surface area contributed by atoms with E-state index >= 15 is 0 Å². The van der Waals surface area contributed by atoms with Crippen molar-refractivity contribution in [3.8, 4) is 0 Å². The number of nitrogens with zero attached hydrogens (tertiary/aromatic N) is 4. The van der Waals surface area contributed by atoms with Crippen molar-refractivity contribution >= 4 is 34.0 Å². The van der Waals surface area contributed by atoms with Crippen molar-refractivity contribution in [2.24, 2.45) is 7.05 Å². The topological polar surface area (TPSA) is 81.9 Å². The normalized spacial score (nSPS) is 12.5. The number of rotatable bonds is 6. The van der Waals surface area contributed by atoms with Crippen LogP contribution >= 0.6 is 11.3 Å². The van der Waals surface area contributed by atoms with E-state index in [4.69, 9.17) is 9.72 Å². The van der Waals surface area contributed by atoms with Gasteiger partial charge in [-0.1, -0.05) is 13.8 Å². The number of aromatic nitrogens is 4. The molecule has 0 saturated heterocycles. The minimum Gasteiger partial charge on any atom is -0.462 e. The van der Waals surface area contributed by atoms with E-state index in [1.165, 1.54) is 6.20 Å². The number of aryl methyl sites for hydroxylation is 1. The molecular formula is C18H23N5O2S. The number of fused-ring (bicyclic) bond motifs is 1. The Balaban J connectivity index is 2.00. The molecule has 0 aliphatic rings. The molecule has 0 aromatic carbocycles. The van der Waals surface area contributed by atoms with Gasteiger partial charge in [-0.2, -0.15) is 5.10 Å². The summed E-state index contributed by atoms with van der Waals surface area (Å²) in [5.41, 5.74) is 2.72. The van der Waals surface area contributed by atoms with E-state index in [1.54, 1.807) is 29.1 Å². The van der Waals surface area contributed by atoms with Crippen molar-refractivity contribution < 1.29 is 9.53 Å². The smallest absolute Gasteiger partial charge is 0.341 e. The molecule has 3 heterocycles. The molecular weight excluding hydrogens is 350 g/mol. The summed E-state index contributed by atoms with van der Waals surface area (Å²) in [5.74, 6) is -0.0106. The second-order valence-corrected chi connectivity index (χ2v) is 7.29. The molecule has 0 spiro atoms. The first kappa shape index (κ1) is 18.3. The Bertz CT molecular complexity index is 931. The van der Waals surface area contributed by atoms with Crippen molar-refractivity contribution in [2.75, 3.05) is 11.9 Å². The maximum Gasteiger partial charge on any atom is 0.341 e. The third kappa shape index (κ3) is 3.41. The number of carbonyl (C=O) groups is 1. The maximum absolute atomic E-state index is 12.4. The molecule has 0 amide bonds. The minimum atomic E-state index is -0.401. The van der Waals surface area contributed by atoms with Crippen molar-refractivity contribution in [2.45, 2.75) is 39.7 Å². The van der Waals surface area contributed by atoms with Gasteiger partial charge in [0.1, 0.15) is 5.56 Å². The number of ether oxygens (including phenoxy) is 1. The number of thiazole rings is 1. The van der Waals surface area contributed by atoms with Crippen LogP contribution in [0.3, 0.4) is 0 Å². The third-order valence-electron chi connectivity index (χ3n) is 4.10. The highest BCUT2D eigenvalue weighted by atomic mass is 32.1. The van der Waals surface area contributed by atoms with Crippen molar-refractivity contribution in [1.82, 2.24) is 19.7 Å². The summed E-state index contributed by atoms with van der Waals surface area (Å²) in [4.78, 5) is 21.4. The van der Waals surface area contributed by atoms with E-state index in [2.05, 4.69) is 34.6 Å². The zero-order chi connectivity index (χ0) is 18.8. The van der Waals surface area contributed by atoms with Gasteiger partial charge in [0.25, 0.3) is 0 Å². The molecule has 1 N–H and O–H groups in total. The van der Waals surface area contributed by atoms with E-state index in [-0.39, 0.29) is 6.04 Å². The summed E-state index contributed by atoms with van der Waals surface area (Å²) in [7, 11) is 1.82. The lowest BCUT2D eigenvalue weighted by molar-refractivity contribution is 0.0527. The molecule has 3 rings (SSSR count). The highest BCUT2D eigenvalue weighted by Gasteiger charge is 2.21. The fraction of sp³-hybridized carbons (Fsp3) is 0.444. The molecule has 8 heteroatoms. The number of carbonyl (C=O) groups excluding carboxylic acids is 1. The van der Waals surface area contributed by atoms with Crippen molar-refractivity contribution in [3.05, 3.63) is 34.0 Å². The third-order valence-corrected chi connectivity index (χ3v) is 5.26. The van der Waals surface area contributed by atoms with E-state index in [1.807, 2.05) is 14.0 Å². The first-order valence-corrected chi connectivity index (χ1v) is 9.50. The molecule has 1 unspecified atom stereocenters. The van der Waals surface area contributed by atoms with Crippen LogP contribution in [0.4, 0.5) is 5.69 Å². The Labute approximate surface area is 156 Å². The highest BCUT2D eigenvalue weighted by molar-refractivity contribution is 7.09. The number of hydrogen-bond acceptors (Lipinski definition) is 7. The van der Waals surface area contributed by atoms with Gasteiger partial charge in [0.15, 0.2) is 5.65 Å². The van der Waals surface area contributed by atoms with E-state index in [9.17, 15) is 4.79 Å². The van der Waals surface area contributed by atoms with Gasteiger partial charge in [0, 0.05) is 24.5 Å². The zero-order valence-electron chi connectivity index (χ0n) is 15.6. The lowest BCUT2D eigenvalue weighted by atomic mass is 10.1. The average molecular weight is 373 g/mol. The Morgan fingerprint density at radius 2 is 2.12 bits per heavy atom. The van der Waals surface area contributed by atoms with Gasteiger partial charge < -0.3 is 10.1 Å². The van der Waals surface area contributed by atoms with E-state index < -0.39 is 5.97 Å². The van der Waals surface area contributed by atoms with E-state index in [0.29, 0.717) is 29.4 Å². The first-order valence-electron chi connectivity index (χ1n) is 8.62. The summed E-state index contributed by atoms with van der Waals surface area (Å²) in [6, 6.07) is -0.0715. The lowest BCUT2D eigenvalue weighted by Crippen LogP contribution is -2.14. The van der Waals surface area contributed by atoms with Gasteiger partial charge in [-0.3, -0.25) is 4.68 Å². The number of nitrogens with one attached hydrogen (secondary N) is 1. The monoisotopic (exact) mass is 373 g/mol.